The Kier molecular flexibility index (Phi) is 6.55. The fourth-order valence-corrected chi connectivity index (χ4v) is 2.06. The minimum Gasteiger partial charge on any atom is -0.481 e. The summed E-state index contributed by atoms with van der Waals surface area (Å²) in [7, 11) is 0. The standard InChI is InChI=1S/C14H15Cl2NO3/c1-9(7-14(19)20)8-17-13(18)6-5-10-11(15)3-2-4-12(10)16/h2-6,9H,7-8H2,1H3,(H,17,18)(H,19,20)/b6-5+. The molecule has 1 rings (SSSR count). The van der Waals surface area contributed by atoms with Gasteiger partial charge in [0.05, 0.1) is 0 Å². The monoisotopic (exact) mass is 315 g/mol. The zero-order valence-electron chi connectivity index (χ0n) is 10.9. The number of rotatable bonds is 6. The summed E-state index contributed by atoms with van der Waals surface area (Å²) in [5, 5.41) is 12.1. The van der Waals surface area contributed by atoms with Crippen LogP contribution >= 0.6 is 23.2 Å². The van der Waals surface area contributed by atoms with Crippen LogP contribution in [0.25, 0.3) is 6.08 Å². The summed E-state index contributed by atoms with van der Waals surface area (Å²) in [5.41, 5.74) is 0.574. The molecule has 0 bridgehead atoms. The Morgan fingerprint density at radius 2 is 1.95 bits per heavy atom. The van der Waals surface area contributed by atoms with Crippen molar-refractivity contribution in [2.24, 2.45) is 5.92 Å². The van der Waals surface area contributed by atoms with E-state index >= 15 is 0 Å². The van der Waals surface area contributed by atoms with Crippen molar-refractivity contribution in [3.8, 4) is 0 Å². The summed E-state index contributed by atoms with van der Waals surface area (Å²) >= 11 is 11.9. The molecule has 6 heteroatoms. The molecule has 0 aliphatic heterocycles. The number of hydrogen-bond acceptors (Lipinski definition) is 2. The summed E-state index contributed by atoms with van der Waals surface area (Å²) in [6, 6.07) is 5.08. The summed E-state index contributed by atoms with van der Waals surface area (Å²) in [6.07, 6.45) is 2.86. The van der Waals surface area contributed by atoms with Crippen LogP contribution in [0.1, 0.15) is 18.9 Å². The topological polar surface area (TPSA) is 66.4 Å². The van der Waals surface area contributed by atoms with Gasteiger partial charge in [0.1, 0.15) is 0 Å². The largest absolute Gasteiger partial charge is 0.481 e. The fourth-order valence-electron chi connectivity index (χ4n) is 1.53. The molecule has 0 aliphatic carbocycles. The molecule has 1 atom stereocenters. The van der Waals surface area contributed by atoms with Gasteiger partial charge in [0.2, 0.25) is 5.91 Å². The van der Waals surface area contributed by atoms with Crippen LogP contribution in [0.15, 0.2) is 24.3 Å². The van der Waals surface area contributed by atoms with Crippen molar-refractivity contribution in [1.82, 2.24) is 5.32 Å². The van der Waals surface area contributed by atoms with E-state index in [1.165, 1.54) is 12.2 Å². The quantitative estimate of drug-likeness (QED) is 0.792. The van der Waals surface area contributed by atoms with Crippen LogP contribution < -0.4 is 5.32 Å². The van der Waals surface area contributed by atoms with Crippen LogP contribution in [0.4, 0.5) is 0 Å². The molecule has 0 saturated carbocycles. The van der Waals surface area contributed by atoms with Gasteiger partial charge in [0.15, 0.2) is 0 Å². The number of hydrogen-bond donors (Lipinski definition) is 2. The first kappa shape index (κ1) is 16.5. The average molecular weight is 316 g/mol. The second kappa shape index (κ2) is 7.92. The molecule has 0 fully saturated rings. The first-order valence-electron chi connectivity index (χ1n) is 6.02. The van der Waals surface area contributed by atoms with Gasteiger partial charge in [-0.05, 0) is 24.1 Å². The Morgan fingerprint density at radius 1 is 1.35 bits per heavy atom. The molecule has 0 heterocycles. The maximum atomic E-state index is 11.6. The Morgan fingerprint density at radius 3 is 2.50 bits per heavy atom. The van der Waals surface area contributed by atoms with Gasteiger partial charge in [-0.3, -0.25) is 9.59 Å². The zero-order chi connectivity index (χ0) is 15.1. The van der Waals surface area contributed by atoms with Crippen molar-refractivity contribution < 1.29 is 14.7 Å². The third-order valence-electron chi connectivity index (χ3n) is 2.55. The molecular formula is C14H15Cl2NO3. The third-order valence-corrected chi connectivity index (χ3v) is 3.21. The van der Waals surface area contributed by atoms with Gasteiger partial charge in [-0.1, -0.05) is 36.2 Å². The van der Waals surface area contributed by atoms with Crippen molar-refractivity contribution in [1.29, 1.82) is 0 Å². The molecule has 108 valence electrons. The van der Waals surface area contributed by atoms with Crippen molar-refractivity contribution in [2.45, 2.75) is 13.3 Å². The molecule has 0 aromatic heterocycles. The number of amides is 1. The van der Waals surface area contributed by atoms with E-state index in [2.05, 4.69) is 5.32 Å². The highest BCUT2D eigenvalue weighted by Crippen LogP contribution is 2.25. The predicted octanol–water partition coefficient (Wildman–Crippen LogP) is 3.23. The number of carbonyl (C=O) groups excluding carboxylic acids is 1. The second-order valence-corrected chi connectivity index (χ2v) is 5.23. The first-order valence-corrected chi connectivity index (χ1v) is 6.77. The average Bonchev–Trinajstić information content (AvgIpc) is 2.35. The van der Waals surface area contributed by atoms with Crippen molar-refractivity contribution in [2.75, 3.05) is 6.54 Å². The molecule has 0 radical (unpaired) electrons. The van der Waals surface area contributed by atoms with Crippen LogP contribution in [0.2, 0.25) is 10.0 Å². The van der Waals surface area contributed by atoms with Crippen molar-refractivity contribution >= 4 is 41.2 Å². The van der Waals surface area contributed by atoms with Gasteiger partial charge in [-0.15, -0.1) is 0 Å². The highest BCUT2D eigenvalue weighted by molar-refractivity contribution is 6.37. The Bertz CT molecular complexity index is 509. The lowest BCUT2D eigenvalue weighted by atomic mass is 10.1. The maximum Gasteiger partial charge on any atom is 0.303 e. The fraction of sp³-hybridized carbons (Fsp3) is 0.286. The smallest absolute Gasteiger partial charge is 0.303 e. The van der Waals surface area contributed by atoms with E-state index in [1.807, 2.05) is 0 Å². The minimum atomic E-state index is -0.884. The molecule has 4 nitrogen and oxygen atoms in total. The van der Waals surface area contributed by atoms with E-state index in [-0.39, 0.29) is 18.2 Å². The number of carboxylic acids is 1. The highest BCUT2D eigenvalue weighted by atomic mass is 35.5. The molecular weight excluding hydrogens is 301 g/mol. The molecule has 0 saturated heterocycles. The third kappa shape index (κ3) is 5.63. The molecule has 1 aromatic carbocycles. The predicted molar refractivity (Wildman–Crippen MR) is 79.9 cm³/mol. The molecule has 0 spiro atoms. The Labute approximate surface area is 127 Å². The number of aliphatic carboxylic acids is 1. The maximum absolute atomic E-state index is 11.6. The lowest BCUT2D eigenvalue weighted by Gasteiger charge is -2.08. The van der Waals surface area contributed by atoms with Gasteiger partial charge >= 0.3 is 5.97 Å². The van der Waals surface area contributed by atoms with Crippen LogP contribution in [0.5, 0.6) is 0 Å². The van der Waals surface area contributed by atoms with E-state index in [0.29, 0.717) is 22.2 Å². The lowest BCUT2D eigenvalue weighted by Crippen LogP contribution is -2.27. The van der Waals surface area contributed by atoms with Crippen LogP contribution in [0, 0.1) is 5.92 Å². The van der Waals surface area contributed by atoms with E-state index in [1.54, 1.807) is 25.1 Å². The number of halogens is 2. The molecule has 0 aliphatic rings. The number of nitrogens with one attached hydrogen (secondary N) is 1. The number of carbonyl (C=O) groups is 2. The Balaban J connectivity index is 2.54. The van der Waals surface area contributed by atoms with Crippen LogP contribution in [-0.4, -0.2) is 23.5 Å². The molecule has 2 N–H and O–H groups in total. The number of benzene rings is 1. The lowest BCUT2D eigenvalue weighted by molar-refractivity contribution is -0.138. The summed E-state index contributed by atoms with van der Waals surface area (Å²) in [5.74, 6) is -1.34. The van der Waals surface area contributed by atoms with Crippen LogP contribution in [-0.2, 0) is 9.59 Å². The Hall–Kier alpha value is -1.52. The summed E-state index contributed by atoms with van der Waals surface area (Å²) < 4.78 is 0. The molecule has 1 unspecified atom stereocenters. The van der Waals surface area contributed by atoms with Gasteiger partial charge in [-0.25, -0.2) is 0 Å². The first-order chi connectivity index (χ1) is 9.40. The van der Waals surface area contributed by atoms with Crippen molar-refractivity contribution in [3.05, 3.63) is 39.9 Å². The normalized spacial score (nSPS) is 12.3. The minimum absolute atomic E-state index is 0.0142. The van der Waals surface area contributed by atoms with E-state index in [0.717, 1.165) is 0 Å². The van der Waals surface area contributed by atoms with E-state index in [4.69, 9.17) is 28.3 Å². The molecule has 1 amide bonds. The van der Waals surface area contributed by atoms with E-state index in [9.17, 15) is 9.59 Å². The van der Waals surface area contributed by atoms with E-state index < -0.39 is 5.97 Å². The second-order valence-electron chi connectivity index (χ2n) is 4.42. The SMILES string of the molecule is CC(CNC(=O)/C=C/c1c(Cl)cccc1Cl)CC(=O)O. The summed E-state index contributed by atoms with van der Waals surface area (Å²) in [6.45, 7) is 2.05. The number of carboxylic acid groups (broad SMARTS) is 1. The summed E-state index contributed by atoms with van der Waals surface area (Å²) in [4.78, 5) is 22.1. The van der Waals surface area contributed by atoms with Gasteiger partial charge < -0.3 is 10.4 Å². The van der Waals surface area contributed by atoms with Crippen LogP contribution in [0.3, 0.4) is 0 Å². The van der Waals surface area contributed by atoms with Crippen molar-refractivity contribution in [3.63, 3.8) is 0 Å². The highest BCUT2D eigenvalue weighted by Gasteiger charge is 2.08. The molecule has 1 aromatic rings. The zero-order valence-corrected chi connectivity index (χ0v) is 12.4. The van der Waals surface area contributed by atoms with Gasteiger partial charge in [0.25, 0.3) is 0 Å². The van der Waals surface area contributed by atoms with Gasteiger partial charge in [-0.2, -0.15) is 0 Å². The molecule has 20 heavy (non-hydrogen) atoms. The van der Waals surface area contributed by atoms with Gasteiger partial charge in [0, 0.05) is 34.7 Å².